The van der Waals surface area contributed by atoms with Crippen molar-refractivity contribution in [1.29, 1.82) is 0 Å². The molecule has 2 aromatic rings. The van der Waals surface area contributed by atoms with Gasteiger partial charge in [-0.05, 0) is 18.2 Å². The van der Waals surface area contributed by atoms with Crippen LogP contribution in [0, 0.1) is 20.2 Å². The Balaban J connectivity index is 2.21. The lowest BCUT2D eigenvalue weighted by Crippen LogP contribution is -2.06. The fraction of sp³-hybridized carbons (Fsp3) is 0.0833. The van der Waals surface area contributed by atoms with Crippen molar-refractivity contribution in [2.75, 3.05) is 5.43 Å². The molecule has 0 atom stereocenters. The van der Waals surface area contributed by atoms with Crippen LogP contribution in [-0.4, -0.2) is 16.1 Å². The van der Waals surface area contributed by atoms with Gasteiger partial charge in [0.2, 0.25) is 0 Å². The summed E-state index contributed by atoms with van der Waals surface area (Å²) in [4.78, 5) is 19.5. The second-order valence-corrected chi connectivity index (χ2v) is 4.29. The van der Waals surface area contributed by atoms with Crippen molar-refractivity contribution in [3.63, 3.8) is 0 Å². The van der Waals surface area contributed by atoms with Gasteiger partial charge in [0.25, 0.3) is 5.69 Å². The fourth-order valence-corrected chi connectivity index (χ4v) is 1.63. The van der Waals surface area contributed by atoms with Crippen LogP contribution in [0.1, 0.15) is 11.3 Å². The molecule has 12 heteroatoms. The second kappa shape index (κ2) is 6.36. The molecule has 0 fully saturated rings. The molecule has 1 aromatic heterocycles. The summed E-state index contributed by atoms with van der Waals surface area (Å²) in [5.74, 6) is -0.555. The lowest BCUT2D eigenvalue weighted by Gasteiger charge is -2.08. The molecular weight excluding hydrogens is 337 g/mol. The summed E-state index contributed by atoms with van der Waals surface area (Å²) < 4.78 is 42.4. The Morgan fingerprint density at radius 1 is 1.12 bits per heavy atom. The van der Waals surface area contributed by atoms with Crippen LogP contribution < -0.4 is 5.43 Å². The molecule has 1 N–H and O–H groups in total. The number of nitro groups is 2. The first-order chi connectivity index (χ1) is 11.2. The van der Waals surface area contributed by atoms with Gasteiger partial charge in [-0.25, -0.2) is 0 Å². The summed E-state index contributed by atoms with van der Waals surface area (Å²) in [6.45, 7) is 0. The zero-order chi connectivity index (χ0) is 17.9. The first kappa shape index (κ1) is 16.9. The Hall–Kier alpha value is -3.44. The molecule has 0 amide bonds. The van der Waals surface area contributed by atoms with Crippen LogP contribution in [0.5, 0.6) is 0 Å². The quantitative estimate of drug-likeness (QED) is 0.502. The number of nitrogens with zero attached hydrogens (tertiary/aromatic N) is 3. The third-order valence-corrected chi connectivity index (χ3v) is 2.69. The zero-order valence-electron chi connectivity index (χ0n) is 11.5. The number of nitro benzene ring substituents is 1. The van der Waals surface area contributed by atoms with E-state index in [0.717, 1.165) is 18.3 Å². The molecule has 9 nitrogen and oxygen atoms in total. The third kappa shape index (κ3) is 3.85. The van der Waals surface area contributed by atoms with Crippen LogP contribution in [0.25, 0.3) is 0 Å². The van der Waals surface area contributed by atoms with Gasteiger partial charge in [-0.3, -0.25) is 25.7 Å². The molecule has 0 radical (unpaired) electrons. The smallest absolute Gasteiger partial charge is 0.400 e. The molecule has 1 aromatic carbocycles. The van der Waals surface area contributed by atoms with Gasteiger partial charge in [-0.1, -0.05) is 0 Å². The molecule has 0 unspecified atom stereocenters. The highest BCUT2D eigenvalue weighted by Gasteiger charge is 2.33. The van der Waals surface area contributed by atoms with Crippen LogP contribution in [0.4, 0.5) is 30.4 Å². The lowest BCUT2D eigenvalue weighted by molar-refractivity contribution is -0.402. The maximum Gasteiger partial charge on any atom is 0.433 e. The Kier molecular flexibility index (Phi) is 4.48. The first-order valence-corrected chi connectivity index (χ1v) is 6.07. The van der Waals surface area contributed by atoms with E-state index in [1.807, 2.05) is 0 Å². The topological polar surface area (TPSA) is 124 Å². The summed E-state index contributed by atoms with van der Waals surface area (Å²) in [5, 5.41) is 24.8. The van der Waals surface area contributed by atoms with Gasteiger partial charge in [0, 0.05) is 6.07 Å². The Bertz CT molecular complexity index is 815. The predicted octanol–water partition coefficient (Wildman–Crippen LogP) is 3.56. The summed E-state index contributed by atoms with van der Waals surface area (Å²) >= 11 is 0. The molecule has 0 saturated heterocycles. The van der Waals surface area contributed by atoms with E-state index >= 15 is 0 Å². The number of hydrogen-bond donors (Lipinski definition) is 1. The second-order valence-electron chi connectivity index (χ2n) is 4.29. The van der Waals surface area contributed by atoms with Crippen molar-refractivity contribution in [3.05, 3.63) is 61.9 Å². The molecule has 1 heterocycles. The summed E-state index contributed by atoms with van der Waals surface area (Å²) in [5.41, 5.74) is -0.0980. The van der Waals surface area contributed by atoms with Crippen LogP contribution in [0.3, 0.4) is 0 Å². The summed E-state index contributed by atoms with van der Waals surface area (Å²) in [6, 6.07) is 4.17. The van der Waals surface area contributed by atoms with Crippen LogP contribution in [0.2, 0.25) is 0 Å². The van der Waals surface area contributed by atoms with Crippen molar-refractivity contribution in [1.82, 2.24) is 0 Å². The van der Waals surface area contributed by atoms with Crippen molar-refractivity contribution in [2.45, 2.75) is 6.18 Å². The van der Waals surface area contributed by atoms with Crippen molar-refractivity contribution >= 4 is 23.5 Å². The molecule has 0 aliphatic heterocycles. The number of furan rings is 1. The number of alkyl halides is 3. The summed E-state index contributed by atoms with van der Waals surface area (Å²) in [7, 11) is 0. The molecule has 24 heavy (non-hydrogen) atoms. The average molecular weight is 344 g/mol. The van der Waals surface area contributed by atoms with Crippen molar-refractivity contribution in [2.24, 2.45) is 5.10 Å². The highest BCUT2D eigenvalue weighted by atomic mass is 19.4. The minimum atomic E-state index is -4.72. The maximum atomic E-state index is 12.6. The zero-order valence-corrected chi connectivity index (χ0v) is 11.5. The minimum Gasteiger partial charge on any atom is -0.400 e. The molecule has 0 bridgehead atoms. The van der Waals surface area contributed by atoms with Crippen LogP contribution in [0.15, 0.2) is 39.9 Å². The maximum absolute atomic E-state index is 12.6. The van der Waals surface area contributed by atoms with Gasteiger partial charge >= 0.3 is 12.1 Å². The van der Waals surface area contributed by atoms with E-state index in [0.29, 0.717) is 12.1 Å². The van der Waals surface area contributed by atoms with Crippen molar-refractivity contribution < 1.29 is 27.4 Å². The SMILES string of the molecule is O=[N+]([O-])c1ccc(C=NNc2ccc(C(F)(F)F)cc2[N+](=O)[O-])o1. The van der Waals surface area contributed by atoms with E-state index in [2.05, 4.69) is 10.5 Å². The standard InChI is InChI=1S/C12H7F3N4O5/c13-12(14,15)7-1-3-9(10(5-7)18(20)21)17-16-6-8-2-4-11(24-8)19(22)23/h1-6,17H. The van der Waals surface area contributed by atoms with Gasteiger partial charge in [-0.15, -0.1) is 0 Å². The molecule has 0 aliphatic carbocycles. The third-order valence-electron chi connectivity index (χ3n) is 2.69. The predicted molar refractivity (Wildman–Crippen MR) is 74.7 cm³/mol. The van der Waals surface area contributed by atoms with Gasteiger partial charge in [0.05, 0.1) is 22.8 Å². The number of anilines is 1. The highest BCUT2D eigenvalue weighted by Crippen LogP contribution is 2.34. The van der Waals surface area contributed by atoms with Crippen LogP contribution >= 0.6 is 0 Å². The van der Waals surface area contributed by atoms with E-state index in [1.165, 1.54) is 6.07 Å². The Morgan fingerprint density at radius 2 is 1.83 bits per heavy atom. The van der Waals surface area contributed by atoms with Crippen LogP contribution in [-0.2, 0) is 6.18 Å². The number of nitrogens with one attached hydrogen (secondary N) is 1. The largest absolute Gasteiger partial charge is 0.433 e. The van der Waals surface area contributed by atoms with Gasteiger partial charge in [0.1, 0.15) is 10.6 Å². The van der Waals surface area contributed by atoms with E-state index in [9.17, 15) is 33.4 Å². The number of rotatable bonds is 5. The number of halogens is 3. The van der Waals surface area contributed by atoms with Crippen molar-refractivity contribution in [3.8, 4) is 0 Å². The number of hydrazone groups is 1. The highest BCUT2D eigenvalue weighted by molar-refractivity contribution is 5.77. The van der Waals surface area contributed by atoms with E-state index < -0.39 is 33.2 Å². The number of hydrogen-bond acceptors (Lipinski definition) is 7. The van der Waals surface area contributed by atoms with Gasteiger partial charge in [0.15, 0.2) is 5.76 Å². The molecule has 0 saturated carbocycles. The van der Waals surface area contributed by atoms with E-state index in [1.54, 1.807) is 0 Å². The molecular formula is C12H7F3N4O5. The Morgan fingerprint density at radius 3 is 2.38 bits per heavy atom. The Labute approximate surface area is 130 Å². The normalized spacial score (nSPS) is 11.6. The molecule has 126 valence electrons. The molecule has 2 rings (SSSR count). The first-order valence-electron chi connectivity index (χ1n) is 6.07. The summed E-state index contributed by atoms with van der Waals surface area (Å²) in [6.07, 6.45) is -3.74. The van der Waals surface area contributed by atoms with E-state index in [4.69, 9.17) is 4.42 Å². The molecule has 0 spiro atoms. The lowest BCUT2D eigenvalue weighted by atomic mass is 10.1. The fourth-order valence-electron chi connectivity index (χ4n) is 1.63. The van der Waals surface area contributed by atoms with Gasteiger partial charge in [-0.2, -0.15) is 18.3 Å². The van der Waals surface area contributed by atoms with E-state index in [-0.39, 0.29) is 11.4 Å². The minimum absolute atomic E-state index is 0.0243. The monoisotopic (exact) mass is 344 g/mol. The molecule has 0 aliphatic rings. The number of benzene rings is 1. The van der Waals surface area contributed by atoms with Gasteiger partial charge < -0.3 is 4.42 Å². The average Bonchev–Trinajstić information content (AvgIpc) is 2.95.